The van der Waals surface area contributed by atoms with Crippen LogP contribution in [0.15, 0.2) is 18.2 Å². The number of aliphatic hydroxyl groups is 1. The van der Waals surface area contributed by atoms with Crippen molar-refractivity contribution in [3.8, 4) is 5.75 Å². The maximum Gasteiger partial charge on any atom is 0.346 e. The molecule has 0 bridgehead atoms. The Bertz CT molecular complexity index is 427. The molecule has 2 rings (SSSR count). The van der Waals surface area contributed by atoms with Gasteiger partial charge in [-0.05, 0) is 43.0 Å². The van der Waals surface area contributed by atoms with E-state index in [0.717, 1.165) is 24.0 Å². The van der Waals surface area contributed by atoms with Gasteiger partial charge in [-0.2, -0.15) is 0 Å². The number of aliphatic hydroxyl groups excluding tert-OH is 1. The molecule has 0 heterocycles. The third-order valence-electron chi connectivity index (χ3n) is 3.01. The zero-order valence-electron chi connectivity index (χ0n) is 9.97. The highest BCUT2D eigenvalue weighted by atomic mass is 16.6. The van der Waals surface area contributed by atoms with Crippen molar-refractivity contribution >= 4 is 5.97 Å². The van der Waals surface area contributed by atoms with E-state index in [1.54, 1.807) is 13.0 Å². The number of carbonyl (C=O) groups is 1. The van der Waals surface area contributed by atoms with Gasteiger partial charge in [0.15, 0.2) is 6.10 Å². The Morgan fingerprint density at radius 3 is 3.00 bits per heavy atom. The van der Waals surface area contributed by atoms with Crippen LogP contribution in [0.1, 0.15) is 30.6 Å². The van der Waals surface area contributed by atoms with Gasteiger partial charge in [0.1, 0.15) is 5.75 Å². The molecule has 0 amide bonds. The van der Waals surface area contributed by atoms with E-state index in [9.17, 15) is 9.90 Å². The Morgan fingerprint density at radius 2 is 2.29 bits per heavy atom. The fourth-order valence-electron chi connectivity index (χ4n) is 2.06. The SMILES string of the molecule is COC(=O)C(C)Oc1ccc2c(c1)CCC2O. The number of esters is 1. The lowest BCUT2D eigenvalue weighted by Gasteiger charge is -2.13. The van der Waals surface area contributed by atoms with E-state index in [2.05, 4.69) is 4.74 Å². The van der Waals surface area contributed by atoms with E-state index in [1.807, 2.05) is 12.1 Å². The van der Waals surface area contributed by atoms with Gasteiger partial charge in [-0.15, -0.1) is 0 Å². The minimum Gasteiger partial charge on any atom is -0.479 e. The third-order valence-corrected chi connectivity index (χ3v) is 3.01. The number of benzene rings is 1. The normalized spacial score (nSPS) is 19.6. The lowest BCUT2D eigenvalue weighted by Crippen LogP contribution is -2.24. The van der Waals surface area contributed by atoms with Crippen molar-refractivity contribution in [2.45, 2.75) is 32.0 Å². The first-order valence-electron chi connectivity index (χ1n) is 5.67. The summed E-state index contributed by atoms with van der Waals surface area (Å²) in [5.74, 6) is 0.237. The molecule has 92 valence electrons. The highest BCUT2D eigenvalue weighted by molar-refractivity contribution is 5.74. The highest BCUT2D eigenvalue weighted by Crippen LogP contribution is 2.33. The molecule has 17 heavy (non-hydrogen) atoms. The van der Waals surface area contributed by atoms with Crippen LogP contribution in [0, 0.1) is 0 Å². The minimum absolute atomic E-state index is 0.364. The van der Waals surface area contributed by atoms with Crippen molar-refractivity contribution in [2.75, 3.05) is 7.11 Å². The predicted octanol–water partition coefficient (Wildman–Crippen LogP) is 1.61. The molecular formula is C13H16O4. The molecule has 0 saturated heterocycles. The number of methoxy groups -OCH3 is 1. The Kier molecular flexibility index (Phi) is 3.33. The molecule has 0 radical (unpaired) electrons. The first-order valence-corrected chi connectivity index (χ1v) is 5.67. The first-order chi connectivity index (χ1) is 8.11. The highest BCUT2D eigenvalue weighted by Gasteiger charge is 2.21. The predicted molar refractivity (Wildman–Crippen MR) is 61.8 cm³/mol. The topological polar surface area (TPSA) is 55.8 Å². The number of hydrogen-bond acceptors (Lipinski definition) is 4. The number of ether oxygens (including phenoxy) is 2. The van der Waals surface area contributed by atoms with Gasteiger partial charge in [0.25, 0.3) is 0 Å². The van der Waals surface area contributed by atoms with Crippen molar-refractivity contribution < 1.29 is 19.4 Å². The van der Waals surface area contributed by atoms with Crippen LogP contribution in [0.3, 0.4) is 0 Å². The zero-order chi connectivity index (χ0) is 12.4. The van der Waals surface area contributed by atoms with Gasteiger partial charge in [-0.25, -0.2) is 4.79 Å². The van der Waals surface area contributed by atoms with Crippen LogP contribution < -0.4 is 4.74 Å². The van der Waals surface area contributed by atoms with Gasteiger partial charge in [0.05, 0.1) is 13.2 Å². The fourth-order valence-corrected chi connectivity index (χ4v) is 2.06. The maximum absolute atomic E-state index is 11.2. The summed E-state index contributed by atoms with van der Waals surface area (Å²) in [6.45, 7) is 1.65. The molecular weight excluding hydrogens is 220 g/mol. The summed E-state index contributed by atoms with van der Waals surface area (Å²) in [5, 5.41) is 9.67. The maximum atomic E-state index is 11.2. The molecule has 2 unspecified atom stereocenters. The summed E-state index contributed by atoms with van der Waals surface area (Å²) >= 11 is 0. The van der Waals surface area contributed by atoms with E-state index < -0.39 is 12.1 Å². The lowest BCUT2D eigenvalue weighted by atomic mass is 10.1. The second-order valence-electron chi connectivity index (χ2n) is 4.20. The zero-order valence-corrected chi connectivity index (χ0v) is 9.97. The Morgan fingerprint density at radius 1 is 1.53 bits per heavy atom. The summed E-state index contributed by atoms with van der Waals surface area (Å²) in [6.07, 6.45) is 0.618. The van der Waals surface area contributed by atoms with Crippen LogP contribution in [-0.4, -0.2) is 24.3 Å². The van der Waals surface area contributed by atoms with Gasteiger partial charge in [0.2, 0.25) is 0 Å². The Balaban J connectivity index is 2.11. The second kappa shape index (κ2) is 4.75. The van der Waals surface area contributed by atoms with Gasteiger partial charge >= 0.3 is 5.97 Å². The Labute approximate surface area is 100 Å². The molecule has 0 fully saturated rings. The summed E-state index contributed by atoms with van der Waals surface area (Å²) in [4.78, 5) is 11.2. The molecule has 1 aromatic rings. The molecule has 4 nitrogen and oxygen atoms in total. The van der Waals surface area contributed by atoms with Gasteiger partial charge < -0.3 is 14.6 Å². The molecule has 1 N–H and O–H groups in total. The average molecular weight is 236 g/mol. The summed E-state index contributed by atoms with van der Waals surface area (Å²) in [6, 6.07) is 5.50. The molecule has 0 aliphatic heterocycles. The average Bonchev–Trinajstić information content (AvgIpc) is 2.69. The lowest BCUT2D eigenvalue weighted by molar-refractivity contribution is -0.147. The standard InChI is InChI=1S/C13H16O4/c1-8(13(15)16-2)17-10-4-5-11-9(7-10)3-6-12(11)14/h4-5,7-8,12,14H,3,6H2,1-2H3. The van der Waals surface area contributed by atoms with Crippen molar-refractivity contribution in [3.05, 3.63) is 29.3 Å². The quantitative estimate of drug-likeness (QED) is 0.810. The number of rotatable bonds is 3. The fraction of sp³-hybridized carbons (Fsp3) is 0.462. The monoisotopic (exact) mass is 236 g/mol. The number of fused-ring (bicyclic) bond motifs is 1. The number of aryl methyl sites for hydroxylation is 1. The van der Waals surface area contributed by atoms with Crippen LogP contribution in [0.5, 0.6) is 5.75 Å². The van der Waals surface area contributed by atoms with Crippen LogP contribution in [0.2, 0.25) is 0 Å². The van der Waals surface area contributed by atoms with Crippen molar-refractivity contribution in [1.29, 1.82) is 0 Å². The van der Waals surface area contributed by atoms with E-state index >= 15 is 0 Å². The van der Waals surface area contributed by atoms with Gasteiger partial charge in [0, 0.05) is 0 Å². The van der Waals surface area contributed by atoms with Crippen molar-refractivity contribution in [2.24, 2.45) is 0 Å². The van der Waals surface area contributed by atoms with Gasteiger partial charge in [-0.1, -0.05) is 6.07 Å². The van der Waals surface area contributed by atoms with E-state index in [1.165, 1.54) is 7.11 Å². The summed E-state index contributed by atoms with van der Waals surface area (Å²) in [5.41, 5.74) is 2.05. The Hall–Kier alpha value is -1.55. The first kappa shape index (κ1) is 11.9. The van der Waals surface area contributed by atoms with Gasteiger partial charge in [-0.3, -0.25) is 0 Å². The molecule has 0 aromatic heterocycles. The van der Waals surface area contributed by atoms with Crippen LogP contribution in [-0.2, 0) is 16.0 Å². The van der Waals surface area contributed by atoms with Crippen molar-refractivity contribution in [3.63, 3.8) is 0 Å². The van der Waals surface area contributed by atoms with Crippen molar-refractivity contribution in [1.82, 2.24) is 0 Å². The molecule has 1 aromatic carbocycles. The van der Waals surface area contributed by atoms with Crippen LogP contribution in [0.25, 0.3) is 0 Å². The largest absolute Gasteiger partial charge is 0.479 e. The van der Waals surface area contributed by atoms with E-state index in [4.69, 9.17) is 4.74 Å². The minimum atomic E-state index is -0.621. The second-order valence-corrected chi connectivity index (χ2v) is 4.20. The number of hydrogen-bond donors (Lipinski definition) is 1. The molecule has 1 aliphatic rings. The van der Waals surface area contributed by atoms with E-state index in [-0.39, 0.29) is 6.10 Å². The third kappa shape index (κ3) is 2.42. The summed E-state index contributed by atoms with van der Waals surface area (Å²) < 4.78 is 10.1. The molecule has 0 spiro atoms. The molecule has 1 aliphatic carbocycles. The molecule has 0 saturated carbocycles. The van der Waals surface area contributed by atoms with Crippen LogP contribution >= 0.6 is 0 Å². The molecule has 2 atom stereocenters. The van der Waals surface area contributed by atoms with Crippen LogP contribution in [0.4, 0.5) is 0 Å². The summed E-state index contributed by atoms with van der Waals surface area (Å²) in [7, 11) is 1.33. The smallest absolute Gasteiger partial charge is 0.346 e. The number of carbonyl (C=O) groups excluding carboxylic acids is 1. The van der Waals surface area contributed by atoms with E-state index in [0.29, 0.717) is 5.75 Å². The molecule has 4 heteroatoms.